The Hall–Kier alpha value is -3.84. The highest BCUT2D eigenvalue weighted by atomic mass is 35.5. The molecular weight excluding hydrogens is 528 g/mol. The van der Waals surface area contributed by atoms with Crippen LogP contribution in [-0.4, -0.2) is 37.0 Å². The Labute approximate surface area is 240 Å². The zero-order chi connectivity index (χ0) is 29.0. The highest BCUT2D eigenvalue weighted by molar-refractivity contribution is 6.30. The number of benzene rings is 3. The molecule has 0 fully saturated rings. The van der Waals surface area contributed by atoms with Gasteiger partial charge in [0.1, 0.15) is 12.4 Å². The van der Waals surface area contributed by atoms with E-state index in [4.69, 9.17) is 21.1 Å². The number of rotatable bonds is 8. The third kappa shape index (κ3) is 6.15. The smallest absolute Gasteiger partial charge is 0.314 e. The van der Waals surface area contributed by atoms with Gasteiger partial charge in [0, 0.05) is 34.9 Å². The molecule has 4 rings (SSSR count). The van der Waals surface area contributed by atoms with Gasteiger partial charge in [-0.3, -0.25) is 14.4 Å². The van der Waals surface area contributed by atoms with Gasteiger partial charge < -0.3 is 19.3 Å². The Bertz CT molecular complexity index is 1370. The van der Waals surface area contributed by atoms with Crippen molar-refractivity contribution in [1.29, 1.82) is 0 Å². The van der Waals surface area contributed by atoms with Crippen LogP contribution in [0.3, 0.4) is 0 Å². The van der Waals surface area contributed by atoms with Crippen LogP contribution in [0.15, 0.2) is 72.8 Å². The molecule has 7 nitrogen and oxygen atoms in total. The van der Waals surface area contributed by atoms with E-state index in [1.807, 2.05) is 43.3 Å². The molecule has 0 aromatic heterocycles. The number of carbonyl (C=O) groups is 3. The molecule has 3 aromatic carbocycles. The zero-order valence-corrected chi connectivity index (χ0v) is 24.3. The Morgan fingerprint density at radius 2 is 1.65 bits per heavy atom. The summed E-state index contributed by atoms with van der Waals surface area (Å²) in [5, 5.41) is 0.598. The van der Waals surface area contributed by atoms with Crippen LogP contribution in [0.5, 0.6) is 5.75 Å². The number of hydrogen-bond donors (Lipinski definition) is 0. The van der Waals surface area contributed by atoms with Crippen molar-refractivity contribution in [3.8, 4) is 5.75 Å². The zero-order valence-electron chi connectivity index (χ0n) is 23.5. The summed E-state index contributed by atoms with van der Waals surface area (Å²) in [7, 11) is 0. The second-order valence-electron chi connectivity index (χ2n) is 10.6. The Morgan fingerprint density at radius 3 is 2.27 bits per heavy atom. The molecule has 8 heteroatoms. The lowest BCUT2D eigenvalue weighted by Gasteiger charge is -2.43. The fourth-order valence-corrected chi connectivity index (χ4v) is 5.13. The van der Waals surface area contributed by atoms with Gasteiger partial charge in [0.2, 0.25) is 5.91 Å². The topological polar surface area (TPSA) is 76.2 Å². The summed E-state index contributed by atoms with van der Waals surface area (Å²) < 4.78 is 11.0. The molecule has 210 valence electrons. The molecule has 0 saturated carbocycles. The molecular formula is C32H35ClN2O5. The molecule has 0 bridgehead atoms. The molecule has 0 spiro atoms. The van der Waals surface area contributed by atoms with Crippen LogP contribution in [0, 0.1) is 5.41 Å². The summed E-state index contributed by atoms with van der Waals surface area (Å²) >= 11 is 6.10. The standard InChI is InChI=1S/C32H35ClN2O5/c1-6-39-31(38)32(4,5)20-40-26-17-11-23(12-18-26)30(37)34-21(2)19-29(27-9-7-8-10-28(27)34)35(22(3)36)25-15-13-24(33)14-16-25/h7-18,21,29H,6,19-20H2,1-5H3. The summed E-state index contributed by atoms with van der Waals surface area (Å²) in [5.41, 5.74) is 2.14. The molecule has 40 heavy (non-hydrogen) atoms. The van der Waals surface area contributed by atoms with Gasteiger partial charge in [-0.25, -0.2) is 0 Å². The van der Waals surface area contributed by atoms with Gasteiger partial charge in [-0.2, -0.15) is 0 Å². The fourth-order valence-electron chi connectivity index (χ4n) is 5.00. The van der Waals surface area contributed by atoms with Gasteiger partial charge in [-0.05, 0) is 94.3 Å². The highest BCUT2D eigenvalue weighted by Gasteiger charge is 2.38. The van der Waals surface area contributed by atoms with Crippen LogP contribution in [0.1, 0.15) is 63.0 Å². The SMILES string of the molecule is CCOC(=O)C(C)(C)COc1ccc(C(=O)N2c3ccccc3C(N(C(C)=O)c3ccc(Cl)cc3)CC2C)cc1. The number of carbonyl (C=O) groups excluding carboxylic acids is 3. The lowest BCUT2D eigenvalue weighted by Crippen LogP contribution is -2.47. The third-order valence-electron chi connectivity index (χ3n) is 7.06. The van der Waals surface area contributed by atoms with Crippen molar-refractivity contribution in [2.24, 2.45) is 5.41 Å². The van der Waals surface area contributed by atoms with E-state index < -0.39 is 5.41 Å². The maximum absolute atomic E-state index is 13.8. The van der Waals surface area contributed by atoms with Crippen LogP contribution in [0.4, 0.5) is 11.4 Å². The quantitative estimate of drug-likeness (QED) is 0.281. The van der Waals surface area contributed by atoms with Gasteiger partial charge in [0.15, 0.2) is 0 Å². The largest absolute Gasteiger partial charge is 0.492 e. The average molecular weight is 563 g/mol. The molecule has 0 aliphatic carbocycles. The number of para-hydroxylation sites is 1. The number of fused-ring (bicyclic) bond motifs is 1. The van der Waals surface area contributed by atoms with Gasteiger partial charge in [-0.15, -0.1) is 0 Å². The lowest BCUT2D eigenvalue weighted by atomic mass is 9.89. The third-order valence-corrected chi connectivity index (χ3v) is 7.32. The minimum atomic E-state index is -0.798. The summed E-state index contributed by atoms with van der Waals surface area (Å²) in [6, 6.07) is 21.4. The Morgan fingerprint density at radius 1 is 1.00 bits per heavy atom. The van der Waals surface area contributed by atoms with Gasteiger partial charge in [0.25, 0.3) is 5.91 Å². The maximum Gasteiger partial charge on any atom is 0.314 e. The summed E-state index contributed by atoms with van der Waals surface area (Å²) in [5.74, 6) is 0.00638. The summed E-state index contributed by atoms with van der Waals surface area (Å²) in [4.78, 5) is 42.4. The van der Waals surface area contributed by atoms with E-state index in [1.54, 1.807) is 73.9 Å². The predicted octanol–water partition coefficient (Wildman–Crippen LogP) is 6.84. The van der Waals surface area contributed by atoms with Crippen molar-refractivity contribution >= 4 is 40.8 Å². The molecule has 0 saturated heterocycles. The molecule has 3 aromatic rings. The predicted molar refractivity (Wildman–Crippen MR) is 157 cm³/mol. The van der Waals surface area contributed by atoms with Crippen LogP contribution in [0.2, 0.25) is 5.02 Å². The van der Waals surface area contributed by atoms with Gasteiger partial charge in [0.05, 0.1) is 18.1 Å². The first-order chi connectivity index (χ1) is 19.0. The fraction of sp³-hybridized carbons (Fsp3) is 0.344. The van der Waals surface area contributed by atoms with Crippen LogP contribution >= 0.6 is 11.6 Å². The molecule has 1 heterocycles. The van der Waals surface area contributed by atoms with Crippen molar-refractivity contribution in [2.75, 3.05) is 23.0 Å². The van der Waals surface area contributed by atoms with Gasteiger partial charge in [-0.1, -0.05) is 29.8 Å². The minimum Gasteiger partial charge on any atom is -0.492 e. The first-order valence-electron chi connectivity index (χ1n) is 13.4. The first-order valence-corrected chi connectivity index (χ1v) is 13.8. The molecule has 0 radical (unpaired) electrons. The van der Waals surface area contributed by atoms with E-state index in [9.17, 15) is 14.4 Å². The molecule has 2 unspecified atom stereocenters. The second-order valence-corrected chi connectivity index (χ2v) is 11.1. The van der Waals surface area contributed by atoms with E-state index >= 15 is 0 Å². The van der Waals surface area contributed by atoms with E-state index in [2.05, 4.69) is 0 Å². The second kappa shape index (κ2) is 12.1. The summed E-state index contributed by atoms with van der Waals surface area (Å²) in [6.45, 7) is 9.32. The van der Waals surface area contributed by atoms with Crippen molar-refractivity contribution in [3.63, 3.8) is 0 Å². The Balaban J connectivity index is 1.57. The molecule has 0 N–H and O–H groups in total. The van der Waals surface area contributed by atoms with Crippen molar-refractivity contribution in [2.45, 2.75) is 53.1 Å². The molecule has 1 aliphatic heterocycles. The minimum absolute atomic E-state index is 0.0872. The van der Waals surface area contributed by atoms with Crippen LogP contribution in [0.25, 0.3) is 0 Å². The number of amides is 2. The van der Waals surface area contributed by atoms with E-state index in [1.165, 1.54) is 0 Å². The van der Waals surface area contributed by atoms with Crippen molar-refractivity contribution < 1.29 is 23.9 Å². The van der Waals surface area contributed by atoms with Crippen LogP contribution < -0.4 is 14.5 Å². The Kier molecular flexibility index (Phi) is 8.84. The van der Waals surface area contributed by atoms with E-state index in [0.29, 0.717) is 29.4 Å². The van der Waals surface area contributed by atoms with E-state index in [0.717, 1.165) is 16.9 Å². The number of ether oxygens (including phenoxy) is 2. The number of anilines is 2. The average Bonchev–Trinajstić information content (AvgIpc) is 2.93. The molecule has 2 amide bonds. The summed E-state index contributed by atoms with van der Waals surface area (Å²) in [6.07, 6.45) is 0.565. The number of nitrogens with zero attached hydrogens (tertiary/aromatic N) is 2. The number of hydrogen-bond acceptors (Lipinski definition) is 5. The lowest BCUT2D eigenvalue weighted by molar-refractivity contribution is -0.155. The van der Waals surface area contributed by atoms with Crippen LogP contribution in [-0.2, 0) is 14.3 Å². The van der Waals surface area contributed by atoms with Gasteiger partial charge >= 0.3 is 5.97 Å². The van der Waals surface area contributed by atoms with Crippen molar-refractivity contribution in [1.82, 2.24) is 0 Å². The number of halogens is 1. The maximum atomic E-state index is 13.8. The molecule has 2 atom stereocenters. The highest BCUT2D eigenvalue weighted by Crippen LogP contribution is 2.43. The first kappa shape index (κ1) is 29.2. The normalized spacial score (nSPS) is 16.6. The monoisotopic (exact) mass is 562 g/mol. The van der Waals surface area contributed by atoms with E-state index in [-0.39, 0.29) is 36.5 Å². The van der Waals surface area contributed by atoms with Crippen molar-refractivity contribution in [3.05, 3.63) is 88.9 Å². The molecule has 1 aliphatic rings. The number of esters is 1.